The van der Waals surface area contributed by atoms with E-state index >= 15 is 0 Å². The quantitative estimate of drug-likeness (QED) is 0.412. The molecule has 1 rings (SSSR count). The van der Waals surface area contributed by atoms with E-state index < -0.39 is 12.8 Å². The molecule has 0 spiro atoms. The molecule has 0 saturated heterocycles. The lowest BCUT2D eigenvalue weighted by atomic mass is 9.63. The van der Waals surface area contributed by atoms with Crippen molar-refractivity contribution in [1.82, 2.24) is 0 Å². The van der Waals surface area contributed by atoms with Crippen LogP contribution in [0, 0.1) is 16.7 Å². The maximum absolute atomic E-state index is 12.0. The Hall–Kier alpha value is 0.230. The highest BCUT2D eigenvalue weighted by atomic mass is 79.9. The lowest BCUT2D eigenvalue weighted by molar-refractivity contribution is -0.174. The summed E-state index contributed by atoms with van der Waals surface area (Å²) in [6.45, 7) is 5.97. The van der Waals surface area contributed by atoms with Gasteiger partial charge in [0.15, 0.2) is 0 Å². The van der Waals surface area contributed by atoms with Gasteiger partial charge in [-0.2, -0.15) is 13.2 Å². The van der Waals surface area contributed by atoms with Crippen molar-refractivity contribution in [2.45, 2.75) is 65.5 Å². The topological polar surface area (TPSA) is 9.23 Å². The number of hydrogen-bond acceptors (Lipinski definition) is 1. The van der Waals surface area contributed by atoms with Crippen molar-refractivity contribution in [2.75, 3.05) is 18.5 Å². The highest BCUT2D eigenvalue weighted by Crippen LogP contribution is 2.48. The summed E-state index contributed by atoms with van der Waals surface area (Å²) in [7, 11) is 0. The standard InChI is InChI=1S/C16H28BrF3O/c1-14(2,3)13-5-8-15(11-17,9-6-13)7-4-10-21-12-16(18,19)20/h13H,4-12H2,1-3H3. The predicted octanol–water partition coefficient (Wildman–Crippen LogP) is 5.96. The van der Waals surface area contributed by atoms with Gasteiger partial charge >= 0.3 is 6.18 Å². The maximum atomic E-state index is 12.0. The molecule has 0 heterocycles. The third-order valence-electron chi connectivity index (χ3n) is 4.82. The molecule has 0 aliphatic heterocycles. The van der Waals surface area contributed by atoms with Crippen LogP contribution >= 0.6 is 15.9 Å². The summed E-state index contributed by atoms with van der Waals surface area (Å²) < 4.78 is 40.7. The molecule has 1 aliphatic carbocycles. The lowest BCUT2D eigenvalue weighted by Crippen LogP contribution is -2.34. The Bertz CT molecular complexity index is 302. The number of hydrogen-bond donors (Lipinski definition) is 0. The van der Waals surface area contributed by atoms with E-state index in [4.69, 9.17) is 4.74 Å². The van der Waals surface area contributed by atoms with Crippen LogP contribution in [0.5, 0.6) is 0 Å². The van der Waals surface area contributed by atoms with Crippen LogP contribution < -0.4 is 0 Å². The van der Waals surface area contributed by atoms with Crippen molar-refractivity contribution >= 4 is 15.9 Å². The monoisotopic (exact) mass is 372 g/mol. The average molecular weight is 373 g/mol. The van der Waals surface area contributed by atoms with Crippen LogP contribution in [0.4, 0.5) is 13.2 Å². The van der Waals surface area contributed by atoms with Gasteiger partial charge in [0.25, 0.3) is 0 Å². The minimum atomic E-state index is -4.21. The summed E-state index contributed by atoms with van der Waals surface area (Å²) in [6, 6.07) is 0. The molecule has 1 aliphatic rings. The van der Waals surface area contributed by atoms with Gasteiger partial charge in [0, 0.05) is 11.9 Å². The second-order valence-electron chi connectivity index (χ2n) is 7.55. The Morgan fingerprint density at radius 2 is 1.71 bits per heavy atom. The van der Waals surface area contributed by atoms with E-state index in [2.05, 4.69) is 36.7 Å². The van der Waals surface area contributed by atoms with Gasteiger partial charge in [-0.1, -0.05) is 36.7 Å². The molecule has 5 heteroatoms. The lowest BCUT2D eigenvalue weighted by Gasteiger charge is -2.43. The zero-order chi connectivity index (χ0) is 16.1. The largest absolute Gasteiger partial charge is 0.411 e. The Kier molecular flexibility index (Phi) is 7.04. The van der Waals surface area contributed by atoms with Crippen molar-refractivity contribution in [2.24, 2.45) is 16.7 Å². The van der Waals surface area contributed by atoms with Crippen molar-refractivity contribution < 1.29 is 17.9 Å². The Morgan fingerprint density at radius 1 is 1.14 bits per heavy atom. The minimum absolute atomic E-state index is 0.205. The zero-order valence-corrected chi connectivity index (χ0v) is 14.9. The van der Waals surface area contributed by atoms with Crippen molar-refractivity contribution in [3.05, 3.63) is 0 Å². The van der Waals surface area contributed by atoms with Crippen LogP contribution in [0.2, 0.25) is 0 Å². The van der Waals surface area contributed by atoms with Crippen molar-refractivity contribution in [1.29, 1.82) is 0 Å². The van der Waals surface area contributed by atoms with Gasteiger partial charge in [-0.05, 0) is 55.3 Å². The maximum Gasteiger partial charge on any atom is 0.411 e. The van der Waals surface area contributed by atoms with E-state index in [0.29, 0.717) is 11.8 Å². The zero-order valence-electron chi connectivity index (χ0n) is 13.4. The predicted molar refractivity (Wildman–Crippen MR) is 83.7 cm³/mol. The summed E-state index contributed by atoms with van der Waals surface area (Å²) in [4.78, 5) is 0. The molecule has 0 aromatic carbocycles. The Labute approximate surface area is 135 Å². The molecule has 126 valence electrons. The molecule has 1 nitrogen and oxygen atoms in total. The minimum Gasteiger partial charge on any atom is -0.372 e. The van der Waals surface area contributed by atoms with Crippen LogP contribution in [0.25, 0.3) is 0 Å². The smallest absolute Gasteiger partial charge is 0.372 e. The molecule has 21 heavy (non-hydrogen) atoms. The Morgan fingerprint density at radius 3 is 2.14 bits per heavy atom. The number of rotatable bonds is 6. The molecule has 0 aromatic rings. The van der Waals surface area contributed by atoms with E-state index in [1.165, 1.54) is 25.7 Å². The summed E-state index contributed by atoms with van der Waals surface area (Å²) in [5, 5.41) is 0.941. The van der Waals surface area contributed by atoms with Crippen LogP contribution in [-0.2, 0) is 4.74 Å². The van der Waals surface area contributed by atoms with Crippen LogP contribution in [0.1, 0.15) is 59.3 Å². The molecule has 0 atom stereocenters. The fourth-order valence-electron chi connectivity index (χ4n) is 3.28. The van der Waals surface area contributed by atoms with Gasteiger partial charge in [-0.15, -0.1) is 0 Å². The number of alkyl halides is 4. The van der Waals surface area contributed by atoms with Crippen LogP contribution in [0.15, 0.2) is 0 Å². The number of halogens is 4. The summed E-state index contributed by atoms with van der Waals surface area (Å²) in [5.74, 6) is 0.756. The van der Waals surface area contributed by atoms with Gasteiger partial charge in [-0.3, -0.25) is 0 Å². The van der Waals surface area contributed by atoms with Gasteiger partial charge in [0.1, 0.15) is 6.61 Å². The molecule has 0 aromatic heterocycles. The average Bonchev–Trinajstić information content (AvgIpc) is 2.36. The second-order valence-corrected chi connectivity index (χ2v) is 8.11. The van der Waals surface area contributed by atoms with Gasteiger partial charge in [0.2, 0.25) is 0 Å². The molecule has 0 unspecified atom stereocenters. The fraction of sp³-hybridized carbons (Fsp3) is 1.00. The van der Waals surface area contributed by atoms with E-state index in [1.807, 2.05) is 0 Å². The first-order valence-electron chi connectivity index (χ1n) is 7.78. The third kappa shape index (κ3) is 6.89. The molecule has 1 saturated carbocycles. The van der Waals surface area contributed by atoms with Gasteiger partial charge in [0.05, 0.1) is 0 Å². The van der Waals surface area contributed by atoms with E-state index in [-0.39, 0.29) is 12.0 Å². The molecule has 0 N–H and O–H groups in total. The highest BCUT2D eigenvalue weighted by molar-refractivity contribution is 9.09. The fourth-order valence-corrected chi connectivity index (χ4v) is 4.12. The van der Waals surface area contributed by atoms with Crippen LogP contribution in [0.3, 0.4) is 0 Å². The molecule has 0 radical (unpaired) electrons. The van der Waals surface area contributed by atoms with Gasteiger partial charge < -0.3 is 4.74 Å². The van der Waals surface area contributed by atoms with Crippen molar-refractivity contribution in [3.8, 4) is 0 Å². The second kappa shape index (κ2) is 7.67. The molecular formula is C16H28BrF3O. The molecule has 0 amide bonds. The summed E-state index contributed by atoms with van der Waals surface area (Å²) >= 11 is 3.62. The molecular weight excluding hydrogens is 345 g/mol. The highest BCUT2D eigenvalue weighted by Gasteiger charge is 2.37. The van der Waals surface area contributed by atoms with Crippen molar-refractivity contribution in [3.63, 3.8) is 0 Å². The van der Waals surface area contributed by atoms with E-state index in [1.54, 1.807) is 0 Å². The van der Waals surface area contributed by atoms with Gasteiger partial charge in [-0.25, -0.2) is 0 Å². The van der Waals surface area contributed by atoms with E-state index in [9.17, 15) is 13.2 Å². The SMILES string of the molecule is CC(C)(C)C1CCC(CBr)(CCCOCC(F)(F)F)CC1. The molecule has 0 bridgehead atoms. The first-order chi connectivity index (χ1) is 9.58. The first-order valence-corrected chi connectivity index (χ1v) is 8.91. The molecule has 1 fully saturated rings. The summed E-state index contributed by atoms with van der Waals surface area (Å²) in [6.07, 6.45) is 2.22. The normalized spacial score (nSPS) is 27.9. The number of ether oxygens (including phenoxy) is 1. The van der Waals surface area contributed by atoms with Crippen LogP contribution in [-0.4, -0.2) is 24.7 Å². The summed E-state index contributed by atoms with van der Waals surface area (Å²) in [5.41, 5.74) is 0.609. The van der Waals surface area contributed by atoms with E-state index in [0.717, 1.165) is 17.7 Å². The third-order valence-corrected chi connectivity index (χ3v) is 6.01. The Balaban J connectivity index is 2.32. The first kappa shape index (κ1) is 19.3.